The van der Waals surface area contributed by atoms with Crippen molar-refractivity contribution in [3.8, 4) is 0 Å². The number of hydrogen-bond donors (Lipinski definition) is 2. The van der Waals surface area contributed by atoms with E-state index >= 15 is 0 Å². The number of carbonyl (C=O) groups is 3. The Bertz CT molecular complexity index is 885. The van der Waals surface area contributed by atoms with Crippen molar-refractivity contribution < 1.29 is 14.4 Å². The second kappa shape index (κ2) is 10.4. The minimum atomic E-state index is -0.213. The molecule has 0 saturated carbocycles. The van der Waals surface area contributed by atoms with Gasteiger partial charge in [-0.1, -0.05) is 42.5 Å². The Morgan fingerprint density at radius 3 is 2.53 bits per heavy atom. The summed E-state index contributed by atoms with van der Waals surface area (Å²) in [5.74, 6) is 0.00724. The highest BCUT2D eigenvalue weighted by atomic mass is 16.2. The van der Waals surface area contributed by atoms with E-state index < -0.39 is 0 Å². The zero-order valence-corrected chi connectivity index (χ0v) is 17.3. The molecule has 158 valence electrons. The molecular formula is C23H28N4O3. The van der Waals surface area contributed by atoms with Crippen LogP contribution in [-0.4, -0.2) is 42.9 Å². The molecule has 4 amide bonds. The van der Waals surface area contributed by atoms with Crippen molar-refractivity contribution >= 4 is 23.5 Å². The predicted molar refractivity (Wildman–Crippen MR) is 116 cm³/mol. The molecule has 0 aliphatic carbocycles. The smallest absolute Gasteiger partial charge is 0.317 e. The Kier molecular flexibility index (Phi) is 7.43. The van der Waals surface area contributed by atoms with E-state index in [1.54, 1.807) is 16.8 Å². The van der Waals surface area contributed by atoms with E-state index in [4.69, 9.17) is 0 Å². The van der Waals surface area contributed by atoms with Gasteiger partial charge >= 0.3 is 6.03 Å². The lowest BCUT2D eigenvalue weighted by atomic mass is 10.2. The molecule has 7 nitrogen and oxygen atoms in total. The molecule has 3 rings (SSSR count). The second-order valence-electron chi connectivity index (χ2n) is 7.42. The molecule has 0 bridgehead atoms. The standard InChI is InChI=1S/C23H28N4O3/c1-26(17-18-7-3-2-4-8-18)23(30)24-13-12-21(28)25-16-19-9-5-10-20(15-19)27-14-6-11-22(27)29/h2-5,7-10,15H,6,11-14,16-17H2,1H3,(H,24,30)(H,25,28). The number of hydrogen-bond acceptors (Lipinski definition) is 3. The minimum Gasteiger partial charge on any atom is -0.352 e. The molecule has 0 radical (unpaired) electrons. The lowest BCUT2D eigenvalue weighted by molar-refractivity contribution is -0.121. The summed E-state index contributed by atoms with van der Waals surface area (Å²) in [5, 5.41) is 5.63. The molecule has 0 spiro atoms. The van der Waals surface area contributed by atoms with Crippen molar-refractivity contribution in [1.29, 1.82) is 0 Å². The molecule has 0 aromatic heterocycles. The maximum Gasteiger partial charge on any atom is 0.317 e. The zero-order chi connectivity index (χ0) is 21.3. The SMILES string of the molecule is CN(Cc1ccccc1)C(=O)NCCC(=O)NCc1cccc(N2CCCC2=O)c1. The fraction of sp³-hybridized carbons (Fsp3) is 0.348. The van der Waals surface area contributed by atoms with Crippen LogP contribution in [0.25, 0.3) is 0 Å². The van der Waals surface area contributed by atoms with Crippen LogP contribution in [0.15, 0.2) is 54.6 Å². The van der Waals surface area contributed by atoms with Gasteiger partial charge in [0, 0.05) is 51.8 Å². The van der Waals surface area contributed by atoms with E-state index in [0.29, 0.717) is 19.5 Å². The number of rotatable bonds is 8. The van der Waals surface area contributed by atoms with E-state index in [-0.39, 0.29) is 30.8 Å². The summed E-state index contributed by atoms with van der Waals surface area (Å²) in [4.78, 5) is 39.5. The molecule has 0 unspecified atom stereocenters. The Balaban J connectivity index is 1.38. The van der Waals surface area contributed by atoms with Crippen LogP contribution in [0.3, 0.4) is 0 Å². The number of nitrogens with zero attached hydrogens (tertiary/aromatic N) is 2. The van der Waals surface area contributed by atoms with Crippen LogP contribution in [0.2, 0.25) is 0 Å². The largest absolute Gasteiger partial charge is 0.352 e. The van der Waals surface area contributed by atoms with Crippen LogP contribution in [0.5, 0.6) is 0 Å². The minimum absolute atomic E-state index is 0.135. The quantitative estimate of drug-likeness (QED) is 0.705. The van der Waals surface area contributed by atoms with Crippen LogP contribution < -0.4 is 15.5 Å². The molecule has 7 heteroatoms. The summed E-state index contributed by atoms with van der Waals surface area (Å²) in [6, 6.07) is 17.2. The molecule has 1 aliphatic heterocycles. The van der Waals surface area contributed by atoms with Crippen LogP contribution in [-0.2, 0) is 22.7 Å². The first kappa shape index (κ1) is 21.4. The van der Waals surface area contributed by atoms with E-state index in [0.717, 1.165) is 29.8 Å². The van der Waals surface area contributed by atoms with Crippen LogP contribution in [0.1, 0.15) is 30.4 Å². The maximum atomic E-state index is 12.1. The molecular weight excluding hydrogens is 380 g/mol. The van der Waals surface area contributed by atoms with E-state index in [2.05, 4.69) is 10.6 Å². The number of carbonyl (C=O) groups excluding carboxylic acids is 3. The topological polar surface area (TPSA) is 81.8 Å². The first-order valence-electron chi connectivity index (χ1n) is 10.2. The molecule has 1 aliphatic rings. The van der Waals surface area contributed by atoms with Gasteiger partial charge in [0.25, 0.3) is 0 Å². The summed E-state index contributed by atoms with van der Waals surface area (Å²) in [5.41, 5.74) is 2.86. The van der Waals surface area contributed by atoms with Gasteiger partial charge in [-0.25, -0.2) is 4.79 Å². The van der Waals surface area contributed by atoms with Crippen molar-refractivity contribution in [3.63, 3.8) is 0 Å². The molecule has 0 atom stereocenters. The van der Waals surface area contributed by atoms with Gasteiger partial charge in [0.15, 0.2) is 0 Å². The summed E-state index contributed by atoms with van der Waals surface area (Å²) < 4.78 is 0. The second-order valence-corrected chi connectivity index (χ2v) is 7.42. The lowest BCUT2D eigenvalue weighted by Gasteiger charge is -2.18. The fourth-order valence-corrected chi connectivity index (χ4v) is 3.39. The van der Waals surface area contributed by atoms with E-state index in [9.17, 15) is 14.4 Å². The van der Waals surface area contributed by atoms with Gasteiger partial charge in [-0.15, -0.1) is 0 Å². The lowest BCUT2D eigenvalue weighted by Crippen LogP contribution is -2.38. The number of anilines is 1. The third kappa shape index (κ3) is 6.07. The van der Waals surface area contributed by atoms with Crippen LogP contribution in [0.4, 0.5) is 10.5 Å². The van der Waals surface area contributed by atoms with E-state index in [1.165, 1.54) is 0 Å². The Hall–Kier alpha value is -3.35. The van der Waals surface area contributed by atoms with Gasteiger partial charge in [0.1, 0.15) is 0 Å². The molecule has 2 N–H and O–H groups in total. The summed E-state index contributed by atoms with van der Waals surface area (Å²) in [6.45, 7) is 1.91. The van der Waals surface area contributed by atoms with Crippen molar-refractivity contribution in [2.75, 3.05) is 25.0 Å². The Morgan fingerprint density at radius 2 is 1.80 bits per heavy atom. The predicted octanol–water partition coefficient (Wildman–Crippen LogP) is 2.66. The van der Waals surface area contributed by atoms with Crippen LogP contribution in [0, 0.1) is 0 Å². The molecule has 1 heterocycles. The van der Waals surface area contributed by atoms with Gasteiger partial charge < -0.3 is 20.4 Å². The number of nitrogens with one attached hydrogen (secondary N) is 2. The summed E-state index contributed by atoms with van der Waals surface area (Å²) >= 11 is 0. The highest BCUT2D eigenvalue weighted by Gasteiger charge is 2.21. The highest BCUT2D eigenvalue weighted by Crippen LogP contribution is 2.22. The summed E-state index contributed by atoms with van der Waals surface area (Å²) in [6.07, 6.45) is 1.68. The van der Waals surface area contributed by atoms with Gasteiger partial charge in [-0.2, -0.15) is 0 Å². The molecule has 30 heavy (non-hydrogen) atoms. The Morgan fingerprint density at radius 1 is 1.03 bits per heavy atom. The maximum absolute atomic E-state index is 12.1. The summed E-state index contributed by atoms with van der Waals surface area (Å²) in [7, 11) is 1.72. The van der Waals surface area contributed by atoms with Crippen molar-refractivity contribution in [2.24, 2.45) is 0 Å². The van der Waals surface area contributed by atoms with E-state index in [1.807, 2.05) is 54.6 Å². The third-order valence-electron chi connectivity index (χ3n) is 5.02. The van der Waals surface area contributed by atoms with Crippen molar-refractivity contribution in [1.82, 2.24) is 15.5 Å². The van der Waals surface area contributed by atoms with Gasteiger partial charge in [0.2, 0.25) is 11.8 Å². The zero-order valence-electron chi connectivity index (χ0n) is 17.3. The average molecular weight is 409 g/mol. The van der Waals surface area contributed by atoms with Gasteiger partial charge in [-0.05, 0) is 29.7 Å². The highest BCUT2D eigenvalue weighted by molar-refractivity contribution is 5.95. The molecule has 2 aromatic rings. The molecule has 1 saturated heterocycles. The van der Waals surface area contributed by atoms with Crippen molar-refractivity contribution in [3.05, 3.63) is 65.7 Å². The van der Waals surface area contributed by atoms with Gasteiger partial charge in [-0.3, -0.25) is 9.59 Å². The monoisotopic (exact) mass is 408 g/mol. The van der Waals surface area contributed by atoms with Gasteiger partial charge in [0.05, 0.1) is 0 Å². The van der Waals surface area contributed by atoms with Crippen LogP contribution >= 0.6 is 0 Å². The Labute approximate surface area is 177 Å². The third-order valence-corrected chi connectivity index (χ3v) is 5.02. The molecule has 1 fully saturated rings. The number of urea groups is 1. The normalized spacial score (nSPS) is 13.2. The van der Waals surface area contributed by atoms with Crippen molar-refractivity contribution in [2.45, 2.75) is 32.4 Å². The first-order valence-corrected chi connectivity index (χ1v) is 10.2. The first-order chi connectivity index (χ1) is 14.5. The number of amides is 4. The average Bonchev–Trinajstić information content (AvgIpc) is 3.19. The molecule has 2 aromatic carbocycles. The number of benzene rings is 2. The fourth-order valence-electron chi connectivity index (χ4n) is 3.39.